The van der Waals surface area contributed by atoms with E-state index in [1.807, 2.05) is 30.3 Å². The van der Waals surface area contributed by atoms with Gasteiger partial charge < -0.3 is 8.98 Å². The van der Waals surface area contributed by atoms with Crippen molar-refractivity contribution in [3.05, 3.63) is 200 Å². The zero-order chi connectivity index (χ0) is 37.0. The van der Waals surface area contributed by atoms with Gasteiger partial charge in [-0.3, -0.25) is 0 Å². The molecule has 0 atom stereocenters. The van der Waals surface area contributed by atoms with Crippen molar-refractivity contribution in [2.75, 3.05) is 0 Å². The van der Waals surface area contributed by atoms with Crippen LogP contribution in [0.3, 0.4) is 0 Å². The molecule has 0 bridgehead atoms. The maximum atomic E-state index is 6.35. The third kappa shape index (κ3) is 5.39. The quantitative estimate of drug-likeness (QED) is 0.172. The molecule has 0 fully saturated rings. The molecule has 0 spiro atoms. The van der Waals surface area contributed by atoms with Crippen LogP contribution in [0.2, 0.25) is 0 Å². The summed E-state index contributed by atoms with van der Waals surface area (Å²) in [4.78, 5) is 10.2. The van der Waals surface area contributed by atoms with Crippen LogP contribution in [-0.4, -0.2) is 14.5 Å². The number of nitrogens with zero attached hydrogens (tertiary/aromatic N) is 3. The van der Waals surface area contributed by atoms with Crippen LogP contribution in [0, 0.1) is 0 Å². The summed E-state index contributed by atoms with van der Waals surface area (Å²) in [5.41, 5.74) is 14.6. The second-order valence-corrected chi connectivity index (χ2v) is 14.2. The first-order valence-electron chi connectivity index (χ1n) is 18.9. The minimum atomic E-state index is 0.693. The van der Waals surface area contributed by atoms with Gasteiger partial charge in [-0.05, 0) is 53.1 Å². The fourth-order valence-electron chi connectivity index (χ4n) is 8.09. The van der Waals surface area contributed by atoms with Gasteiger partial charge in [-0.15, -0.1) is 0 Å². The summed E-state index contributed by atoms with van der Waals surface area (Å²) in [6.07, 6.45) is 0. The van der Waals surface area contributed by atoms with Crippen LogP contribution in [0.15, 0.2) is 205 Å². The maximum Gasteiger partial charge on any atom is 0.160 e. The van der Waals surface area contributed by atoms with Crippen molar-refractivity contribution in [1.82, 2.24) is 14.5 Å². The van der Waals surface area contributed by atoms with E-state index in [0.717, 1.165) is 78.0 Å². The Hall–Kier alpha value is -7.56. The summed E-state index contributed by atoms with van der Waals surface area (Å²) in [6.45, 7) is 0. The van der Waals surface area contributed by atoms with Crippen LogP contribution in [0.25, 0.3) is 106 Å². The van der Waals surface area contributed by atoms with Crippen LogP contribution >= 0.6 is 0 Å². The Morgan fingerprint density at radius 3 is 1.50 bits per heavy atom. The Bertz CT molecular complexity index is 3160. The van der Waals surface area contributed by atoms with E-state index in [4.69, 9.17) is 14.4 Å². The minimum Gasteiger partial charge on any atom is -0.455 e. The van der Waals surface area contributed by atoms with Gasteiger partial charge in [-0.1, -0.05) is 164 Å². The number of para-hydroxylation sites is 4. The maximum absolute atomic E-state index is 6.35. The number of rotatable bonds is 6. The molecule has 3 aromatic heterocycles. The first kappa shape index (κ1) is 31.9. The highest BCUT2D eigenvalue weighted by Crippen LogP contribution is 2.37. The number of benzene rings is 8. The first-order valence-corrected chi connectivity index (χ1v) is 18.9. The smallest absolute Gasteiger partial charge is 0.160 e. The van der Waals surface area contributed by atoms with Crippen LogP contribution in [0.1, 0.15) is 0 Å². The van der Waals surface area contributed by atoms with E-state index in [-0.39, 0.29) is 0 Å². The van der Waals surface area contributed by atoms with E-state index in [9.17, 15) is 0 Å². The van der Waals surface area contributed by atoms with E-state index in [1.165, 1.54) is 21.8 Å². The van der Waals surface area contributed by atoms with Gasteiger partial charge in [0, 0.05) is 49.5 Å². The van der Waals surface area contributed by atoms with Gasteiger partial charge in [0.1, 0.15) is 11.2 Å². The Labute approximate surface area is 323 Å². The van der Waals surface area contributed by atoms with Crippen molar-refractivity contribution in [2.24, 2.45) is 0 Å². The Morgan fingerprint density at radius 1 is 0.357 bits per heavy atom. The second-order valence-electron chi connectivity index (χ2n) is 14.2. The minimum absolute atomic E-state index is 0.693. The standard InChI is InChI=1S/C52H33N3O/c1-2-11-39(12-3-1)52-53-46(33-47(54-52)38-27-23-36(24-28-38)41-16-10-17-45-44-15-6-9-20-50(44)56-51(41)45)37-25-21-34(22-26-37)35-29-31-40(32-30-35)55-48-18-7-4-13-42(48)43-14-5-8-19-49(43)55/h1-33H. The molecule has 56 heavy (non-hydrogen) atoms. The molecule has 3 heterocycles. The molecular formula is C52H33N3O. The van der Waals surface area contributed by atoms with Crippen LogP contribution < -0.4 is 0 Å². The fraction of sp³-hybridized carbons (Fsp3) is 0. The molecule has 0 aliphatic heterocycles. The summed E-state index contributed by atoms with van der Waals surface area (Å²) in [7, 11) is 0. The van der Waals surface area contributed by atoms with Gasteiger partial charge in [-0.2, -0.15) is 0 Å². The van der Waals surface area contributed by atoms with Crippen molar-refractivity contribution in [3.63, 3.8) is 0 Å². The summed E-state index contributed by atoms with van der Waals surface area (Å²) in [6, 6.07) is 70.2. The molecule has 0 aliphatic rings. The highest BCUT2D eigenvalue weighted by Gasteiger charge is 2.15. The lowest BCUT2D eigenvalue weighted by Gasteiger charge is -2.11. The third-order valence-electron chi connectivity index (χ3n) is 10.9. The lowest BCUT2D eigenvalue weighted by molar-refractivity contribution is 0.670. The van der Waals surface area contributed by atoms with Crippen LogP contribution in [-0.2, 0) is 0 Å². The number of furan rings is 1. The summed E-state index contributed by atoms with van der Waals surface area (Å²) < 4.78 is 8.70. The highest BCUT2D eigenvalue weighted by molar-refractivity contribution is 6.10. The van der Waals surface area contributed by atoms with E-state index < -0.39 is 0 Å². The summed E-state index contributed by atoms with van der Waals surface area (Å²) in [5, 5.41) is 4.78. The fourth-order valence-corrected chi connectivity index (χ4v) is 8.09. The molecule has 8 aromatic carbocycles. The molecule has 0 saturated heterocycles. The van der Waals surface area contributed by atoms with E-state index in [0.29, 0.717) is 5.82 Å². The van der Waals surface area contributed by atoms with Gasteiger partial charge in [-0.25, -0.2) is 9.97 Å². The van der Waals surface area contributed by atoms with E-state index in [2.05, 4.69) is 174 Å². The monoisotopic (exact) mass is 715 g/mol. The van der Waals surface area contributed by atoms with Crippen LogP contribution in [0.5, 0.6) is 0 Å². The van der Waals surface area contributed by atoms with Gasteiger partial charge in [0.25, 0.3) is 0 Å². The lowest BCUT2D eigenvalue weighted by Crippen LogP contribution is -1.96. The van der Waals surface area contributed by atoms with Gasteiger partial charge in [0.2, 0.25) is 0 Å². The average Bonchev–Trinajstić information content (AvgIpc) is 3.83. The SMILES string of the molecule is c1ccc(-c2nc(-c3ccc(-c4ccc(-n5c6ccccc6c6ccccc65)cc4)cc3)cc(-c3ccc(-c4cccc5c4oc4ccccc45)cc3)n2)cc1. The molecule has 0 N–H and O–H groups in total. The lowest BCUT2D eigenvalue weighted by atomic mass is 9.99. The molecule has 0 amide bonds. The number of hydrogen-bond acceptors (Lipinski definition) is 3. The predicted molar refractivity (Wildman–Crippen MR) is 231 cm³/mol. The predicted octanol–water partition coefficient (Wildman–Crippen LogP) is 13.8. The summed E-state index contributed by atoms with van der Waals surface area (Å²) in [5.74, 6) is 0.693. The molecule has 4 heteroatoms. The van der Waals surface area contributed by atoms with Crippen LogP contribution in [0.4, 0.5) is 0 Å². The van der Waals surface area contributed by atoms with Gasteiger partial charge in [0.05, 0.1) is 22.4 Å². The van der Waals surface area contributed by atoms with Gasteiger partial charge in [0.15, 0.2) is 5.82 Å². The zero-order valence-corrected chi connectivity index (χ0v) is 30.3. The first-order chi connectivity index (χ1) is 27.7. The number of aromatic nitrogens is 3. The largest absolute Gasteiger partial charge is 0.455 e. The Balaban J connectivity index is 0.928. The molecule has 0 radical (unpaired) electrons. The van der Waals surface area contributed by atoms with Crippen molar-refractivity contribution in [1.29, 1.82) is 0 Å². The van der Waals surface area contributed by atoms with Crippen molar-refractivity contribution in [2.45, 2.75) is 0 Å². The topological polar surface area (TPSA) is 43.9 Å². The second kappa shape index (κ2) is 13.1. The molecule has 11 aromatic rings. The van der Waals surface area contributed by atoms with E-state index in [1.54, 1.807) is 0 Å². The van der Waals surface area contributed by atoms with Crippen molar-refractivity contribution >= 4 is 43.7 Å². The number of hydrogen-bond donors (Lipinski definition) is 0. The molecule has 262 valence electrons. The summed E-state index contributed by atoms with van der Waals surface area (Å²) >= 11 is 0. The molecule has 0 aliphatic carbocycles. The number of fused-ring (bicyclic) bond motifs is 6. The zero-order valence-electron chi connectivity index (χ0n) is 30.3. The molecule has 0 unspecified atom stereocenters. The molecular weight excluding hydrogens is 683 g/mol. The Morgan fingerprint density at radius 2 is 0.857 bits per heavy atom. The van der Waals surface area contributed by atoms with Crippen molar-refractivity contribution < 1.29 is 4.42 Å². The third-order valence-corrected chi connectivity index (χ3v) is 10.9. The average molecular weight is 716 g/mol. The highest BCUT2D eigenvalue weighted by atomic mass is 16.3. The molecule has 0 saturated carbocycles. The molecule has 4 nitrogen and oxygen atoms in total. The van der Waals surface area contributed by atoms with Crippen molar-refractivity contribution in [3.8, 4) is 61.8 Å². The van der Waals surface area contributed by atoms with Gasteiger partial charge >= 0.3 is 0 Å². The Kier molecular flexibility index (Phi) is 7.46. The molecule has 11 rings (SSSR count). The van der Waals surface area contributed by atoms with E-state index >= 15 is 0 Å². The normalized spacial score (nSPS) is 11.6.